The number of benzene rings is 2. The Kier molecular flexibility index (Phi) is 6.88. The van der Waals surface area contributed by atoms with Crippen LogP contribution in [0.15, 0.2) is 48.2 Å². The molecule has 0 aromatic heterocycles. The molecule has 7 nitrogen and oxygen atoms in total. The maximum absolute atomic E-state index is 12.5. The zero-order valence-electron chi connectivity index (χ0n) is 16.4. The molecule has 2 aromatic rings. The SMILES string of the molecule is COc1ccc(C(C)NC(=O)/C(C#N)=C\Nc2cc(C)ccc2N)cc1OC. The van der Waals surface area contributed by atoms with Crippen molar-refractivity contribution >= 4 is 17.3 Å². The van der Waals surface area contributed by atoms with E-state index in [0.29, 0.717) is 22.9 Å². The highest BCUT2D eigenvalue weighted by Crippen LogP contribution is 2.30. The number of anilines is 2. The molecule has 2 rings (SSSR count). The van der Waals surface area contributed by atoms with Gasteiger partial charge in [0.25, 0.3) is 5.91 Å². The van der Waals surface area contributed by atoms with E-state index >= 15 is 0 Å². The number of nitriles is 1. The van der Waals surface area contributed by atoms with Crippen LogP contribution in [0.25, 0.3) is 0 Å². The summed E-state index contributed by atoms with van der Waals surface area (Å²) in [6, 6.07) is 12.4. The van der Waals surface area contributed by atoms with Gasteiger partial charge in [-0.25, -0.2) is 0 Å². The second kappa shape index (κ2) is 9.33. The lowest BCUT2D eigenvalue weighted by Gasteiger charge is -2.16. The smallest absolute Gasteiger partial charge is 0.263 e. The third kappa shape index (κ3) is 4.95. The first-order valence-corrected chi connectivity index (χ1v) is 8.65. The Labute approximate surface area is 164 Å². The Bertz CT molecular complexity index is 932. The number of carbonyl (C=O) groups excluding carboxylic acids is 1. The van der Waals surface area contributed by atoms with Crippen LogP contribution in [-0.2, 0) is 4.79 Å². The van der Waals surface area contributed by atoms with Crippen LogP contribution >= 0.6 is 0 Å². The summed E-state index contributed by atoms with van der Waals surface area (Å²) in [7, 11) is 3.10. The molecule has 146 valence electrons. The van der Waals surface area contributed by atoms with E-state index in [2.05, 4.69) is 10.6 Å². The van der Waals surface area contributed by atoms with E-state index in [1.807, 2.05) is 38.1 Å². The van der Waals surface area contributed by atoms with Crippen molar-refractivity contribution in [3.05, 3.63) is 59.3 Å². The van der Waals surface area contributed by atoms with Crippen LogP contribution in [0.5, 0.6) is 11.5 Å². The maximum Gasteiger partial charge on any atom is 0.263 e. The molecule has 1 unspecified atom stereocenters. The van der Waals surface area contributed by atoms with Gasteiger partial charge in [0, 0.05) is 6.20 Å². The van der Waals surface area contributed by atoms with E-state index in [4.69, 9.17) is 15.2 Å². The van der Waals surface area contributed by atoms with Gasteiger partial charge in [0.2, 0.25) is 0 Å². The molecule has 2 aromatic carbocycles. The Balaban J connectivity index is 2.13. The van der Waals surface area contributed by atoms with E-state index in [1.165, 1.54) is 6.20 Å². The zero-order chi connectivity index (χ0) is 20.7. The van der Waals surface area contributed by atoms with Crippen molar-refractivity contribution in [2.75, 3.05) is 25.3 Å². The molecular weight excluding hydrogens is 356 g/mol. The summed E-state index contributed by atoms with van der Waals surface area (Å²) in [6.45, 7) is 3.75. The Hall–Kier alpha value is -3.66. The molecule has 4 N–H and O–H groups in total. The average Bonchev–Trinajstić information content (AvgIpc) is 2.70. The van der Waals surface area contributed by atoms with Crippen LogP contribution in [0.2, 0.25) is 0 Å². The second-order valence-corrected chi connectivity index (χ2v) is 6.21. The molecule has 0 aliphatic carbocycles. The first-order valence-electron chi connectivity index (χ1n) is 8.65. The van der Waals surface area contributed by atoms with E-state index in [-0.39, 0.29) is 11.6 Å². The summed E-state index contributed by atoms with van der Waals surface area (Å²) in [6.07, 6.45) is 1.35. The van der Waals surface area contributed by atoms with Gasteiger partial charge in [0.15, 0.2) is 11.5 Å². The minimum absolute atomic E-state index is 0.0618. The number of methoxy groups -OCH3 is 2. The van der Waals surface area contributed by atoms with Crippen molar-refractivity contribution < 1.29 is 14.3 Å². The van der Waals surface area contributed by atoms with Crippen molar-refractivity contribution in [1.82, 2.24) is 5.32 Å². The highest BCUT2D eigenvalue weighted by molar-refractivity contribution is 5.97. The fraction of sp³-hybridized carbons (Fsp3) is 0.238. The lowest BCUT2D eigenvalue weighted by Crippen LogP contribution is -2.28. The van der Waals surface area contributed by atoms with Crippen molar-refractivity contribution in [2.24, 2.45) is 0 Å². The predicted octanol–water partition coefficient (Wildman–Crippen LogP) is 3.29. The monoisotopic (exact) mass is 380 g/mol. The van der Waals surface area contributed by atoms with Gasteiger partial charge in [0.1, 0.15) is 11.6 Å². The van der Waals surface area contributed by atoms with E-state index < -0.39 is 5.91 Å². The summed E-state index contributed by atoms with van der Waals surface area (Å²) in [5, 5.41) is 15.1. The van der Waals surface area contributed by atoms with Gasteiger partial charge in [-0.15, -0.1) is 0 Å². The summed E-state index contributed by atoms with van der Waals surface area (Å²) >= 11 is 0. The highest BCUT2D eigenvalue weighted by atomic mass is 16.5. The summed E-state index contributed by atoms with van der Waals surface area (Å²) < 4.78 is 10.5. The molecule has 0 spiro atoms. The van der Waals surface area contributed by atoms with Gasteiger partial charge in [0.05, 0.1) is 31.6 Å². The molecule has 1 atom stereocenters. The molecule has 0 fully saturated rings. The quantitative estimate of drug-likeness (QED) is 0.386. The average molecular weight is 380 g/mol. The third-order valence-electron chi connectivity index (χ3n) is 4.20. The molecule has 0 radical (unpaired) electrons. The summed E-state index contributed by atoms with van der Waals surface area (Å²) in [5.41, 5.74) is 8.83. The molecule has 0 aliphatic heterocycles. The number of nitrogen functional groups attached to an aromatic ring is 1. The normalized spacial score (nSPS) is 11.9. The van der Waals surface area contributed by atoms with Crippen LogP contribution in [0.4, 0.5) is 11.4 Å². The first-order chi connectivity index (χ1) is 13.4. The molecular formula is C21H24N4O3. The number of nitrogens with one attached hydrogen (secondary N) is 2. The van der Waals surface area contributed by atoms with Crippen LogP contribution in [-0.4, -0.2) is 20.1 Å². The minimum Gasteiger partial charge on any atom is -0.493 e. The van der Waals surface area contributed by atoms with Crippen LogP contribution in [0, 0.1) is 18.3 Å². The van der Waals surface area contributed by atoms with Gasteiger partial charge in [-0.1, -0.05) is 12.1 Å². The van der Waals surface area contributed by atoms with Gasteiger partial charge < -0.3 is 25.8 Å². The molecule has 7 heteroatoms. The molecule has 1 amide bonds. The van der Waals surface area contributed by atoms with Gasteiger partial charge in [-0.05, 0) is 49.2 Å². The number of hydrogen-bond acceptors (Lipinski definition) is 6. The Morgan fingerprint density at radius 3 is 2.54 bits per heavy atom. The van der Waals surface area contributed by atoms with Gasteiger partial charge in [-0.2, -0.15) is 5.26 Å². The lowest BCUT2D eigenvalue weighted by atomic mass is 10.1. The largest absolute Gasteiger partial charge is 0.493 e. The molecule has 0 saturated heterocycles. The third-order valence-corrected chi connectivity index (χ3v) is 4.20. The second-order valence-electron chi connectivity index (χ2n) is 6.21. The zero-order valence-corrected chi connectivity index (χ0v) is 16.4. The summed E-state index contributed by atoms with van der Waals surface area (Å²) in [4.78, 5) is 12.5. The standard InChI is InChI=1S/C21H24N4O3/c1-13-5-7-17(23)18(9-13)24-12-16(11-22)21(26)25-14(2)15-6-8-19(27-3)20(10-15)28-4/h5-10,12,14,24H,23H2,1-4H3,(H,25,26)/b16-12-. The van der Waals surface area contributed by atoms with Crippen LogP contribution < -0.4 is 25.8 Å². The van der Waals surface area contributed by atoms with Crippen molar-refractivity contribution in [3.8, 4) is 17.6 Å². The fourth-order valence-electron chi connectivity index (χ4n) is 2.57. The van der Waals surface area contributed by atoms with Gasteiger partial charge >= 0.3 is 0 Å². The highest BCUT2D eigenvalue weighted by Gasteiger charge is 2.16. The molecule has 0 aliphatic rings. The molecule has 0 bridgehead atoms. The topological polar surface area (TPSA) is 109 Å². The number of rotatable bonds is 7. The van der Waals surface area contributed by atoms with Crippen molar-refractivity contribution in [1.29, 1.82) is 5.26 Å². The van der Waals surface area contributed by atoms with Crippen LogP contribution in [0.3, 0.4) is 0 Å². The Morgan fingerprint density at radius 1 is 1.18 bits per heavy atom. The van der Waals surface area contributed by atoms with Crippen molar-refractivity contribution in [3.63, 3.8) is 0 Å². The summed E-state index contributed by atoms with van der Waals surface area (Å²) in [5.74, 6) is 0.666. The van der Waals surface area contributed by atoms with Gasteiger partial charge in [-0.3, -0.25) is 4.79 Å². The van der Waals surface area contributed by atoms with Crippen LogP contribution in [0.1, 0.15) is 24.1 Å². The minimum atomic E-state index is -0.497. The van der Waals surface area contributed by atoms with E-state index in [0.717, 1.165) is 11.1 Å². The maximum atomic E-state index is 12.5. The number of nitrogens with zero attached hydrogens (tertiary/aromatic N) is 1. The number of carbonyl (C=O) groups is 1. The number of ether oxygens (including phenoxy) is 2. The van der Waals surface area contributed by atoms with Crippen molar-refractivity contribution in [2.45, 2.75) is 19.9 Å². The van der Waals surface area contributed by atoms with E-state index in [9.17, 15) is 10.1 Å². The number of aryl methyl sites for hydroxylation is 1. The number of amides is 1. The molecule has 0 heterocycles. The number of nitrogens with two attached hydrogens (primary N) is 1. The Morgan fingerprint density at radius 2 is 1.89 bits per heavy atom. The fourth-order valence-corrected chi connectivity index (χ4v) is 2.57. The molecule has 0 saturated carbocycles. The predicted molar refractivity (Wildman–Crippen MR) is 109 cm³/mol. The van der Waals surface area contributed by atoms with E-state index in [1.54, 1.807) is 32.4 Å². The first kappa shape index (κ1) is 20.6. The lowest BCUT2D eigenvalue weighted by molar-refractivity contribution is -0.117. The number of hydrogen-bond donors (Lipinski definition) is 3. The molecule has 28 heavy (non-hydrogen) atoms.